The van der Waals surface area contributed by atoms with Gasteiger partial charge in [0, 0.05) is 0 Å². The van der Waals surface area contributed by atoms with Gasteiger partial charge in [-0.05, 0) is 6.42 Å². The molecule has 10 heteroatoms. The molecule has 0 amide bonds. The Morgan fingerprint density at radius 3 is 2.60 bits per heavy atom. The van der Waals surface area contributed by atoms with Crippen molar-refractivity contribution < 1.29 is 42.5 Å². The van der Waals surface area contributed by atoms with Gasteiger partial charge in [-0.25, -0.2) is 14.4 Å². The molecule has 1 aliphatic rings. The Balaban J connectivity index is 1.80. The molecule has 0 saturated heterocycles. The SMILES string of the molecule is CCC(I)C(=O)OCC(=O)Oc1c2c3oc1c(C(=O)OC)c3C(=O)O2. The standard InChI is InChI=1S/C15H11IO9/c1-3-5(16)13(18)22-4-6(17)23-11-9-7(14(19)21-2)8-10(24-9)12(11)25-15(8)20/h5H,3-4H2,1-2H3. The van der Waals surface area contributed by atoms with Gasteiger partial charge in [0.05, 0.1) is 7.11 Å². The van der Waals surface area contributed by atoms with E-state index in [1.165, 1.54) is 0 Å². The Morgan fingerprint density at radius 1 is 1.24 bits per heavy atom. The number of benzene rings is 1. The molecule has 0 spiro atoms. The molecule has 1 unspecified atom stereocenters. The van der Waals surface area contributed by atoms with Gasteiger partial charge in [0.25, 0.3) is 0 Å². The number of furan rings is 2. The molecule has 0 aromatic carbocycles. The fourth-order valence-corrected chi connectivity index (χ4v) is 2.49. The molecule has 1 aliphatic heterocycles. The second kappa shape index (κ2) is 6.50. The average molecular weight is 462 g/mol. The average Bonchev–Trinajstić information content (AvgIpc) is 3.21. The molecule has 2 bridgehead atoms. The quantitative estimate of drug-likeness (QED) is 0.274. The lowest BCUT2D eigenvalue weighted by molar-refractivity contribution is -0.153. The fourth-order valence-electron chi connectivity index (χ4n) is 2.31. The summed E-state index contributed by atoms with van der Waals surface area (Å²) >= 11 is 1.90. The summed E-state index contributed by atoms with van der Waals surface area (Å²) < 4.78 is 24.4. The van der Waals surface area contributed by atoms with Crippen molar-refractivity contribution in [3.05, 3.63) is 11.1 Å². The van der Waals surface area contributed by atoms with Crippen molar-refractivity contribution in [2.75, 3.05) is 13.7 Å². The summed E-state index contributed by atoms with van der Waals surface area (Å²) in [5.41, 5.74) is -0.336. The van der Waals surface area contributed by atoms with Crippen molar-refractivity contribution in [2.24, 2.45) is 0 Å². The van der Waals surface area contributed by atoms with Crippen LogP contribution in [0, 0.1) is 0 Å². The number of esters is 4. The topological polar surface area (TPSA) is 118 Å². The van der Waals surface area contributed by atoms with E-state index in [1.807, 2.05) is 22.6 Å². The van der Waals surface area contributed by atoms with Crippen LogP contribution < -0.4 is 9.47 Å². The van der Waals surface area contributed by atoms with Gasteiger partial charge in [-0.1, -0.05) is 29.5 Å². The molecule has 0 fully saturated rings. The lowest BCUT2D eigenvalue weighted by Crippen LogP contribution is -2.23. The van der Waals surface area contributed by atoms with E-state index in [0.717, 1.165) is 7.11 Å². The first-order valence-electron chi connectivity index (χ1n) is 7.12. The first-order chi connectivity index (χ1) is 11.9. The molecule has 2 aromatic heterocycles. The van der Waals surface area contributed by atoms with Crippen molar-refractivity contribution in [3.63, 3.8) is 0 Å². The maximum atomic E-state index is 11.9. The van der Waals surface area contributed by atoms with Gasteiger partial charge < -0.3 is 23.4 Å². The minimum Gasteiger partial charge on any atom is -0.465 e. The molecule has 9 nitrogen and oxygen atoms in total. The van der Waals surface area contributed by atoms with E-state index in [1.54, 1.807) is 6.92 Å². The van der Waals surface area contributed by atoms with Gasteiger partial charge >= 0.3 is 23.9 Å². The molecule has 3 rings (SSSR count). The summed E-state index contributed by atoms with van der Waals surface area (Å²) in [6.45, 7) is 1.17. The van der Waals surface area contributed by atoms with E-state index in [-0.39, 0.29) is 37.7 Å². The highest BCUT2D eigenvalue weighted by atomic mass is 127. The van der Waals surface area contributed by atoms with Crippen LogP contribution in [0.25, 0.3) is 11.2 Å². The third kappa shape index (κ3) is 2.79. The van der Waals surface area contributed by atoms with E-state index >= 15 is 0 Å². The predicted molar refractivity (Wildman–Crippen MR) is 88.4 cm³/mol. The summed E-state index contributed by atoms with van der Waals surface area (Å²) in [6, 6.07) is 0. The van der Waals surface area contributed by atoms with E-state index in [0.29, 0.717) is 6.42 Å². The van der Waals surface area contributed by atoms with Gasteiger partial charge in [-0.15, -0.1) is 0 Å². The van der Waals surface area contributed by atoms with Gasteiger partial charge in [-0.3, -0.25) is 4.79 Å². The summed E-state index contributed by atoms with van der Waals surface area (Å²) in [5, 5.41) is 0. The number of fused-ring (bicyclic) bond motifs is 1. The molecule has 2 aromatic rings. The van der Waals surface area contributed by atoms with Crippen LogP contribution in [-0.2, 0) is 19.1 Å². The molecule has 25 heavy (non-hydrogen) atoms. The van der Waals surface area contributed by atoms with Crippen LogP contribution in [0.2, 0.25) is 0 Å². The van der Waals surface area contributed by atoms with Crippen LogP contribution in [0.3, 0.4) is 0 Å². The maximum absolute atomic E-state index is 11.9. The third-order valence-corrected chi connectivity index (χ3v) is 4.87. The minimum atomic E-state index is -0.909. The van der Waals surface area contributed by atoms with Gasteiger partial charge in [0.15, 0.2) is 17.8 Å². The van der Waals surface area contributed by atoms with Crippen LogP contribution in [-0.4, -0.2) is 41.5 Å². The first kappa shape index (κ1) is 17.5. The lowest BCUT2D eigenvalue weighted by Gasteiger charge is -2.08. The second-order valence-electron chi connectivity index (χ2n) is 5.01. The number of rotatable bonds is 6. The Labute approximate surface area is 154 Å². The predicted octanol–water partition coefficient (Wildman–Crippen LogP) is 1.85. The summed E-state index contributed by atoms with van der Waals surface area (Å²) in [6.07, 6.45) is 0.555. The molecule has 132 valence electrons. The fraction of sp³-hybridized carbons (Fsp3) is 0.333. The Morgan fingerprint density at radius 2 is 1.96 bits per heavy atom. The maximum Gasteiger partial charge on any atom is 0.349 e. The summed E-state index contributed by atoms with van der Waals surface area (Å²) in [5.74, 6) is -3.38. The van der Waals surface area contributed by atoms with Crippen molar-refractivity contribution in [2.45, 2.75) is 17.3 Å². The van der Waals surface area contributed by atoms with Crippen LogP contribution in [0.5, 0.6) is 11.5 Å². The molecular weight excluding hydrogens is 451 g/mol. The number of methoxy groups -OCH3 is 1. The highest BCUT2D eigenvalue weighted by Gasteiger charge is 2.44. The van der Waals surface area contributed by atoms with E-state index in [4.69, 9.17) is 18.6 Å². The third-order valence-electron chi connectivity index (χ3n) is 3.48. The Hall–Kier alpha value is -2.37. The van der Waals surface area contributed by atoms with E-state index in [9.17, 15) is 19.2 Å². The van der Waals surface area contributed by atoms with Crippen molar-refractivity contribution in [3.8, 4) is 11.5 Å². The normalized spacial score (nSPS) is 13.6. The number of alkyl halides is 1. The van der Waals surface area contributed by atoms with E-state index in [2.05, 4.69) is 4.74 Å². The number of hydrogen-bond acceptors (Lipinski definition) is 9. The number of ether oxygens (including phenoxy) is 4. The second-order valence-corrected chi connectivity index (χ2v) is 6.51. The summed E-state index contributed by atoms with van der Waals surface area (Å²) in [4.78, 5) is 47.2. The number of carbonyl (C=O) groups excluding carboxylic acids is 4. The molecule has 1 atom stereocenters. The van der Waals surface area contributed by atoms with Crippen molar-refractivity contribution >= 4 is 57.6 Å². The first-order valence-corrected chi connectivity index (χ1v) is 8.37. The zero-order valence-corrected chi connectivity index (χ0v) is 15.2. The zero-order valence-electron chi connectivity index (χ0n) is 13.0. The van der Waals surface area contributed by atoms with Crippen LogP contribution in [0.4, 0.5) is 0 Å². The lowest BCUT2D eigenvalue weighted by atomic mass is 10.1. The monoisotopic (exact) mass is 462 g/mol. The zero-order chi connectivity index (χ0) is 18.3. The highest BCUT2D eigenvalue weighted by molar-refractivity contribution is 14.1. The van der Waals surface area contributed by atoms with Crippen molar-refractivity contribution in [1.82, 2.24) is 0 Å². The Kier molecular flexibility index (Phi) is 4.54. The molecule has 0 N–H and O–H groups in total. The minimum absolute atomic E-state index is 0.0125. The summed E-state index contributed by atoms with van der Waals surface area (Å²) in [7, 11) is 1.14. The Bertz CT molecular complexity index is 881. The molecule has 0 aliphatic carbocycles. The van der Waals surface area contributed by atoms with Crippen LogP contribution >= 0.6 is 22.6 Å². The highest BCUT2D eigenvalue weighted by Crippen LogP contribution is 2.52. The van der Waals surface area contributed by atoms with Gasteiger partial charge in [0.2, 0.25) is 11.5 Å². The van der Waals surface area contributed by atoms with Crippen LogP contribution in [0.1, 0.15) is 34.1 Å². The van der Waals surface area contributed by atoms with E-state index < -0.39 is 30.5 Å². The van der Waals surface area contributed by atoms with Crippen LogP contribution in [0.15, 0.2) is 4.42 Å². The number of halogens is 1. The number of carbonyl (C=O) groups is 4. The molecule has 3 heterocycles. The van der Waals surface area contributed by atoms with Crippen molar-refractivity contribution in [1.29, 1.82) is 0 Å². The molecule has 0 radical (unpaired) electrons. The van der Waals surface area contributed by atoms with Gasteiger partial charge in [0.1, 0.15) is 15.1 Å². The molecule has 0 saturated carbocycles. The van der Waals surface area contributed by atoms with Gasteiger partial charge in [-0.2, -0.15) is 0 Å². The number of hydrogen-bond donors (Lipinski definition) is 0. The molecular formula is C15H11IO9. The largest absolute Gasteiger partial charge is 0.465 e. The smallest absolute Gasteiger partial charge is 0.349 e.